The number of thiol groups is 1. The third-order valence-corrected chi connectivity index (χ3v) is 2.21. The normalized spacial score (nSPS) is 36.7. The summed E-state index contributed by atoms with van der Waals surface area (Å²) in [7, 11) is 5.27. The van der Waals surface area contributed by atoms with Crippen LogP contribution in [0.1, 0.15) is 6.42 Å². The molecule has 3 heteroatoms. The van der Waals surface area contributed by atoms with Crippen molar-refractivity contribution >= 4 is 12.6 Å². The summed E-state index contributed by atoms with van der Waals surface area (Å²) in [5, 5.41) is 6.33. The maximum absolute atomic E-state index is 5.27. The second kappa shape index (κ2) is 3.44. The van der Waals surface area contributed by atoms with E-state index in [0.717, 1.165) is 19.5 Å². The van der Waals surface area contributed by atoms with Crippen LogP contribution in [0.4, 0.5) is 0 Å². The first-order chi connectivity index (χ1) is 4.34. The minimum Gasteiger partial charge on any atom is -0.316 e. The summed E-state index contributed by atoms with van der Waals surface area (Å²) in [4.78, 5) is 0. The molecule has 0 saturated carbocycles. The van der Waals surface area contributed by atoms with E-state index in [4.69, 9.17) is 7.05 Å². The van der Waals surface area contributed by atoms with Crippen molar-refractivity contribution in [2.45, 2.75) is 17.7 Å². The zero-order valence-electron chi connectivity index (χ0n) is 5.30. The Bertz CT molecular complexity index is 87.1. The molecule has 0 bridgehead atoms. The molecule has 0 spiro atoms. The number of rotatable bonds is 1. The molecule has 9 heavy (non-hydrogen) atoms. The molecule has 2 nitrogen and oxygen atoms in total. The highest BCUT2D eigenvalue weighted by Crippen LogP contribution is 2.08. The van der Waals surface area contributed by atoms with Crippen LogP contribution in [0.3, 0.4) is 0 Å². The van der Waals surface area contributed by atoms with Crippen molar-refractivity contribution in [3.05, 3.63) is 7.05 Å². The van der Waals surface area contributed by atoms with Gasteiger partial charge in [-0.05, 0) is 13.0 Å². The minimum absolute atomic E-state index is 0.365. The summed E-state index contributed by atoms with van der Waals surface area (Å²) in [6.45, 7) is 2.00. The first-order valence-corrected chi connectivity index (χ1v) is 3.71. The molecule has 52 valence electrons. The van der Waals surface area contributed by atoms with Gasteiger partial charge in [-0.3, -0.25) is 0 Å². The largest absolute Gasteiger partial charge is 0.316 e. The Hall–Kier alpha value is 0.270. The van der Waals surface area contributed by atoms with Crippen LogP contribution in [-0.4, -0.2) is 24.4 Å². The fraction of sp³-hybridized carbons (Fsp3) is 0.833. The van der Waals surface area contributed by atoms with E-state index < -0.39 is 0 Å². The molecule has 0 aliphatic carbocycles. The fourth-order valence-corrected chi connectivity index (χ4v) is 1.40. The van der Waals surface area contributed by atoms with Gasteiger partial charge >= 0.3 is 0 Å². The number of hydrogen-bond acceptors (Lipinski definition) is 3. The van der Waals surface area contributed by atoms with Gasteiger partial charge in [0.05, 0.1) is 0 Å². The standard InChI is InChI=1S/C6H12N2S/c1-7-5-2-3-8-4-6(5)9/h1,5-9H,2-4H2. The van der Waals surface area contributed by atoms with Gasteiger partial charge in [0.15, 0.2) is 0 Å². The molecule has 0 amide bonds. The third kappa shape index (κ3) is 1.85. The molecule has 2 atom stereocenters. The topological polar surface area (TPSA) is 24.1 Å². The first kappa shape index (κ1) is 7.38. The lowest BCUT2D eigenvalue weighted by atomic mass is 10.1. The first-order valence-electron chi connectivity index (χ1n) is 3.19. The van der Waals surface area contributed by atoms with Gasteiger partial charge in [-0.15, -0.1) is 0 Å². The second-order valence-corrected chi connectivity index (χ2v) is 3.00. The van der Waals surface area contributed by atoms with Crippen molar-refractivity contribution < 1.29 is 0 Å². The molecular weight excluding hydrogens is 132 g/mol. The van der Waals surface area contributed by atoms with Gasteiger partial charge in [0.2, 0.25) is 0 Å². The molecule has 2 N–H and O–H groups in total. The van der Waals surface area contributed by atoms with Crippen molar-refractivity contribution in [2.75, 3.05) is 13.1 Å². The molecule has 0 aromatic heterocycles. The van der Waals surface area contributed by atoms with Crippen LogP contribution in [0.15, 0.2) is 0 Å². The molecule has 0 aromatic carbocycles. The van der Waals surface area contributed by atoms with Gasteiger partial charge in [-0.2, -0.15) is 12.6 Å². The van der Waals surface area contributed by atoms with E-state index in [9.17, 15) is 0 Å². The summed E-state index contributed by atoms with van der Waals surface area (Å²) in [6, 6.07) is 0.384. The third-order valence-electron chi connectivity index (χ3n) is 1.66. The van der Waals surface area contributed by atoms with Crippen molar-refractivity contribution in [2.24, 2.45) is 0 Å². The number of nitrogens with one attached hydrogen (secondary N) is 2. The SMILES string of the molecule is [CH]NC1CCNCC1S. The molecular formula is C6H12N2S. The van der Waals surface area contributed by atoms with Crippen LogP contribution in [-0.2, 0) is 0 Å². The molecule has 1 fully saturated rings. The van der Waals surface area contributed by atoms with Crippen LogP contribution >= 0.6 is 12.6 Å². The Kier molecular flexibility index (Phi) is 2.82. The van der Waals surface area contributed by atoms with Crippen LogP contribution in [0.25, 0.3) is 0 Å². The summed E-state index contributed by atoms with van der Waals surface area (Å²) in [5.41, 5.74) is 0. The summed E-state index contributed by atoms with van der Waals surface area (Å²) >= 11 is 4.33. The van der Waals surface area contributed by atoms with Crippen molar-refractivity contribution in [3.63, 3.8) is 0 Å². The maximum atomic E-state index is 5.27. The van der Waals surface area contributed by atoms with Gasteiger partial charge in [-0.25, -0.2) is 0 Å². The van der Waals surface area contributed by atoms with E-state index in [1.54, 1.807) is 0 Å². The molecule has 2 radical (unpaired) electrons. The van der Waals surface area contributed by atoms with Crippen molar-refractivity contribution in [3.8, 4) is 0 Å². The van der Waals surface area contributed by atoms with E-state index in [1.807, 2.05) is 0 Å². The van der Waals surface area contributed by atoms with Gasteiger partial charge in [0.25, 0.3) is 0 Å². The second-order valence-electron chi connectivity index (χ2n) is 2.33. The van der Waals surface area contributed by atoms with Crippen LogP contribution < -0.4 is 10.6 Å². The van der Waals surface area contributed by atoms with E-state index in [1.165, 1.54) is 0 Å². The Morgan fingerprint density at radius 3 is 2.89 bits per heavy atom. The molecule has 1 aliphatic heterocycles. The Balaban J connectivity index is 2.30. The smallest absolute Gasteiger partial charge is 0.0410 e. The summed E-state index contributed by atoms with van der Waals surface area (Å²) in [5.74, 6) is 0. The quantitative estimate of drug-likeness (QED) is 0.354. The zero-order valence-corrected chi connectivity index (χ0v) is 6.20. The molecule has 1 aliphatic rings. The summed E-state index contributed by atoms with van der Waals surface area (Å²) < 4.78 is 0. The predicted molar refractivity (Wildman–Crippen MR) is 41.5 cm³/mol. The summed E-state index contributed by atoms with van der Waals surface area (Å²) in [6.07, 6.45) is 1.07. The molecule has 1 heterocycles. The van der Waals surface area contributed by atoms with Gasteiger partial charge in [0, 0.05) is 24.9 Å². The fourth-order valence-electron chi connectivity index (χ4n) is 1.04. The van der Waals surface area contributed by atoms with E-state index in [-0.39, 0.29) is 0 Å². The monoisotopic (exact) mass is 144 g/mol. The molecule has 1 saturated heterocycles. The van der Waals surface area contributed by atoms with E-state index >= 15 is 0 Å². The zero-order chi connectivity index (χ0) is 6.69. The lowest BCUT2D eigenvalue weighted by molar-refractivity contribution is 0.431. The highest BCUT2D eigenvalue weighted by Gasteiger charge is 2.19. The van der Waals surface area contributed by atoms with Gasteiger partial charge in [-0.1, -0.05) is 0 Å². The van der Waals surface area contributed by atoms with E-state index in [2.05, 4.69) is 23.3 Å². The van der Waals surface area contributed by atoms with Crippen LogP contribution in [0, 0.1) is 7.05 Å². The van der Waals surface area contributed by atoms with Gasteiger partial charge < -0.3 is 10.6 Å². The van der Waals surface area contributed by atoms with Gasteiger partial charge in [0.1, 0.15) is 0 Å². The van der Waals surface area contributed by atoms with E-state index in [0.29, 0.717) is 11.3 Å². The average Bonchev–Trinajstić information content (AvgIpc) is 1.89. The molecule has 1 rings (SSSR count). The molecule has 0 aromatic rings. The number of piperidine rings is 1. The lowest BCUT2D eigenvalue weighted by Crippen LogP contribution is -2.46. The van der Waals surface area contributed by atoms with Crippen LogP contribution in [0.5, 0.6) is 0 Å². The highest BCUT2D eigenvalue weighted by atomic mass is 32.1. The highest BCUT2D eigenvalue weighted by molar-refractivity contribution is 7.81. The maximum Gasteiger partial charge on any atom is 0.0410 e. The Labute approximate surface area is 61.8 Å². The average molecular weight is 144 g/mol. The van der Waals surface area contributed by atoms with Crippen molar-refractivity contribution in [1.29, 1.82) is 0 Å². The predicted octanol–water partition coefficient (Wildman–Crippen LogP) is -0.0951. The van der Waals surface area contributed by atoms with Crippen LogP contribution in [0.2, 0.25) is 0 Å². The minimum atomic E-state index is 0.365. The lowest BCUT2D eigenvalue weighted by Gasteiger charge is -2.27. The Morgan fingerprint density at radius 1 is 1.67 bits per heavy atom. The molecule has 2 unspecified atom stereocenters. The van der Waals surface area contributed by atoms with Crippen molar-refractivity contribution in [1.82, 2.24) is 10.6 Å². The Morgan fingerprint density at radius 2 is 2.44 bits per heavy atom. The number of hydrogen-bond donors (Lipinski definition) is 3.